The summed E-state index contributed by atoms with van der Waals surface area (Å²) in [6, 6.07) is 2.03. The highest BCUT2D eigenvalue weighted by Crippen LogP contribution is 2.48. The third kappa shape index (κ3) is 1.35. The predicted molar refractivity (Wildman–Crippen MR) is 52.1 cm³/mol. The van der Waals surface area contributed by atoms with E-state index < -0.39 is 0 Å². The molecule has 0 saturated heterocycles. The van der Waals surface area contributed by atoms with Gasteiger partial charge >= 0.3 is 0 Å². The van der Waals surface area contributed by atoms with Gasteiger partial charge in [0.1, 0.15) is 4.34 Å². The first-order valence-corrected chi connectivity index (χ1v) is 5.35. The van der Waals surface area contributed by atoms with Gasteiger partial charge in [-0.25, -0.2) is 0 Å². The molecule has 1 saturated carbocycles. The summed E-state index contributed by atoms with van der Waals surface area (Å²) in [4.78, 5) is 1.20. The van der Waals surface area contributed by atoms with Crippen LogP contribution in [0.3, 0.4) is 0 Å². The zero-order valence-corrected chi connectivity index (χ0v) is 8.89. The van der Waals surface area contributed by atoms with Crippen molar-refractivity contribution < 1.29 is 0 Å². The standard InChI is InChI=1S/C7H7BrClNS/c8-4-3-5(11-6(4)9)7(10)1-2-7/h3H,1-2,10H2. The molecule has 4 heteroatoms. The number of hydrogen-bond donors (Lipinski definition) is 1. The van der Waals surface area contributed by atoms with Crippen LogP contribution in [0.1, 0.15) is 17.7 Å². The van der Waals surface area contributed by atoms with Gasteiger partial charge in [0.05, 0.1) is 5.54 Å². The van der Waals surface area contributed by atoms with Gasteiger partial charge < -0.3 is 5.73 Å². The van der Waals surface area contributed by atoms with E-state index in [1.807, 2.05) is 6.07 Å². The Hall–Kier alpha value is 0.430. The summed E-state index contributed by atoms with van der Waals surface area (Å²) in [6.45, 7) is 0. The smallest absolute Gasteiger partial charge is 0.107 e. The lowest BCUT2D eigenvalue weighted by molar-refractivity contribution is 0.758. The molecule has 2 N–H and O–H groups in total. The van der Waals surface area contributed by atoms with Crippen LogP contribution in [0.5, 0.6) is 0 Å². The highest BCUT2D eigenvalue weighted by Gasteiger charge is 2.41. The summed E-state index contributed by atoms with van der Waals surface area (Å²) in [7, 11) is 0. The Bertz CT molecular complexity index is 273. The molecule has 60 valence electrons. The molecule has 1 nitrogen and oxygen atoms in total. The molecular weight excluding hydrogens is 246 g/mol. The summed E-state index contributed by atoms with van der Waals surface area (Å²) in [5.41, 5.74) is 5.94. The minimum Gasteiger partial charge on any atom is -0.321 e. The van der Waals surface area contributed by atoms with Crippen LogP contribution in [0.15, 0.2) is 10.5 Å². The first-order valence-electron chi connectivity index (χ1n) is 3.36. The van der Waals surface area contributed by atoms with Crippen LogP contribution in [-0.2, 0) is 5.54 Å². The van der Waals surface area contributed by atoms with E-state index in [0.717, 1.165) is 21.7 Å². The van der Waals surface area contributed by atoms with Gasteiger partial charge in [-0.05, 0) is 34.8 Å². The lowest BCUT2D eigenvalue weighted by Gasteiger charge is -2.01. The quantitative estimate of drug-likeness (QED) is 0.816. The maximum Gasteiger partial charge on any atom is 0.107 e. The van der Waals surface area contributed by atoms with E-state index in [2.05, 4.69) is 15.9 Å². The molecule has 1 aromatic rings. The van der Waals surface area contributed by atoms with Crippen LogP contribution in [-0.4, -0.2) is 0 Å². The van der Waals surface area contributed by atoms with Gasteiger partial charge in [0, 0.05) is 9.35 Å². The third-order valence-corrected chi connectivity index (χ3v) is 4.62. The highest BCUT2D eigenvalue weighted by atomic mass is 79.9. The van der Waals surface area contributed by atoms with Crippen molar-refractivity contribution in [1.82, 2.24) is 0 Å². The van der Waals surface area contributed by atoms with Gasteiger partial charge in [-0.2, -0.15) is 0 Å². The lowest BCUT2D eigenvalue weighted by atomic mass is 10.2. The minimum absolute atomic E-state index is 0.0413. The van der Waals surface area contributed by atoms with Crippen molar-refractivity contribution in [3.05, 3.63) is 19.8 Å². The van der Waals surface area contributed by atoms with Gasteiger partial charge in [0.15, 0.2) is 0 Å². The van der Waals surface area contributed by atoms with Crippen LogP contribution in [0.4, 0.5) is 0 Å². The summed E-state index contributed by atoms with van der Waals surface area (Å²) >= 11 is 10.8. The fraction of sp³-hybridized carbons (Fsp3) is 0.429. The van der Waals surface area contributed by atoms with E-state index in [1.165, 1.54) is 4.88 Å². The molecule has 1 aliphatic rings. The van der Waals surface area contributed by atoms with Crippen molar-refractivity contribution in [1.29, 1.82) is 0 Å². The van der Waals surface area contributed by atoms with Crippen LogP contribution in [0.25, 0.3) is 0 Å². The normalized spacial score (nSPS) is 20.3. The third-order valence-electron chi connectivity index (χ3n) is 1.92. The number of nitrogens with two attached hydrogens (primary N) is 1. The average Bonchev–Trinajstić information content (AvgIpc) is 2.59. The first kappa shape index (κ1) is 8.05. The van der Waals surface area contributed by atoms with Gasteiger partial charge in [-0.3, -0.25) is 0 Å². The van der Waals surface area contributed by atoms with E-state index in [9.17, 15) is 0 Å². The van der Waals surface area contributed by atoms with Crippen molar-refractivity contribution >= 4 is 38.9 Å². The Morgan fingerprint density at radius 1 is 1.64 bits per heavy atom. The predicted octanol–water partition coefficient (Wildman–Crippen LogP) is 3.11. The van der Waals surface area contributed by atoms with Gasteiger partial charge in [0.2, 0.25) is 0 Å². The molecule has 11 heavy (non-hydrogen) atoms. The lowest BCUT2D eigenvalue weighted by Crippen LogP contribution is -2.16. The second-order valence-corrected chi connectivity index (χ2v) is 5.40. The molecular formula is C7H7BrClNS. The van der Waals surface area contributed by atoms with Crippen molar-refractivity contribution in [2.45, 2.75) is 18.4 Å². The SMILES string of the molecule is NC1(c2cc(Br)c(Cl)s2)CC1. The number of thiophene rings is 1. The number of halogens is 2. The van der Waals surface area contributed by atoms with Crippen LogP contribution < -0.4 is 5.73 Å². The molecule has 0 atom stereocenters. The average molecular weight is 253 g/mol. The Morgan fingerprint density at radius 3 is 2.64 bits per heavy atom. The van der Waals surface area contributed by atoms with Crippen LogP contribution >= 0.6 is 38.9 Å². The van der Waals surface area contributed by atoms with E-state index in [4.69, 9.17) is 17.3 Å². The molecule has 1 aliphatic carbocycles. The highest BCUT2D eigenvalue weighted by molar-refractivity contribution is 9.10. The largest absolute Gasteiger partial charge is 0.321 e. The maximum atomic E-state index is 5.98. The van der Waals surface area contributed by atoms with Gasteiger partial charge in [0.25, 0.3) is 0 Å². The Labute approximate surface area is 82.7 Å². The molecule has 1 fully saturated rings. The molecule has 0 radical (unpaired) electrons. The molecule has 0 spiro atoms. The Kier molecular flexibility index (Phi) is 1.80. The molecule has 0 aromatic carbocycles. The molecule has 0 unspecified atom stereocenters. The molecule has 1 aromatic heterocycles. The zero-order valence-electron chi connectivity index (χ0n) is 5.73. The first-order chi connectivity index (χ1) is 5.12. The van der Waals surface area contributed by atoms with Crippen LogP contribution in [0, 0.1) is 0 Å². The maximum absolute atomic E-state index is 5.98. The van der Waals surface area contributed by atoms with Crippen molar-refractivity contribution in [2.24, 2.45) is 5.73 Å². The van der Waals surface area contributed by atoms with Gasteiger partial charge in [-0.15, -0.1) is 11.3 Å². The summed E-state index contributed by atoms with van der Waals surface area (Å²) in [5, 5.41) is 0. The van der Waals surface area contributed by atoms with Crippen LogP contribution in [0.2, 0.25) is 4.34 Å². The Balaban J connectivity index is 2.39. The fourth-order valence-corrected chi connectivity index (χ4v) is 2.83. The van der Waals surface area contributed by atoms with E-state index >= 15 is 0 Å². The van der Waals surface area contributed by atoms with Crippen molar-refractivity contribution in [3.8, 4) is 0 Å². The van der Waals surface area contributed by atoms with E-state index in [1.54, 1.807) is 11.3 Å². The summed E-state index contributed by atoms with van der Waals surface area (Å²) in [6.07, 6.45) is 2.19. The number of rotatable bonds is 1. The Morgan fingerprint density at radius 2 is 2.27 bits per heavy atom. The fourth-order valence-electron chi connectivity index (χ4n) is 0.973. The van der Waals surface area contributed by atoms with Gasteiger partial charge in [-0.1, -0.05) is 11.6 Å². The zero-order chi connectivity index (χ0) is 8.06. The van der Waals surface area contributed by atoms with E-state index in [-0.39, 0.29) is 5.54 Å². The summed E-state index contributed by atoms with van der Waals surface area (Å²) in [5.74, 6) is 0. The van der Waals surface area contributed by atoms with Crippen molar-refractivity contribution in [3.63, 3.8) is 0 Å². The molecule has 2 rings (SSSR count). The molecule has 0 bridgehead atoms. The second-order valence-electron chi connectivity index (χ2n) is 2.89. The van der Waals surface area contributed by atoms with E-state index in [0.29, 0.717) is 0 Å². The van der Waals surface area contributed by atoms with Crippen molar-refractivity contribution in [2.75, 3.05) is 0 Å². The number of hydrogen-bond acceptors (Lipinski definition) is 2. The molecule has 0 aliphatic heterocycles. The monoisotopic (exact) mass is 251 g/mol. The summed E-state index contributed by atoms with van der Waals surface area (Å²) < 4.78 is 1.77. The second kappa shape index (κ2) is 2.46. The topological polar surface area (TPSA) is 26.0 Å². The minimum atomic E-state index is -0.0413. The molecule has 0 amide bonds. The molecule has 1 heterocycles.